The smallest absolute Gasteiger partial charge is 0.307 e. The molecule has 162 valence electrons. The number of rotatable bonds is 8. The molecule has 1 fully saturated rings. The summed E-state index contributed by atoms with van der Waals surface area (Å²) in [6, 6.07) is 1.29. The maximum atomic E-state index is 13.8. The Balaban J connectivity index is 1.73. The fourth-order valence-corrected chi connectivity index (χ4v) is 4.10. The first-order chi connectivity index (χ1) is 14.9. The number of hydrogen-bond donors (Lipinski definition) is 2. The molecule has 31 heavy (non-hydrogen) atoms. The number of aromatic nitrogens is 4. The number of nitrogens with one attached hydrogen (secondary N) is 2. The van der Waals surface area contributed by atoms with Crippen LogP contribution in [0.15, 0.2) is 37.3 Å². The first-order valence-electron chi connectivity index (χ1n) is 10.4. The molecule has 3 heterocycles. The molecular weight excluding hydrogens is 397 g/mol. The van der Waals surface area contributed by atoms with E-state index in [4.69, 9.17) is 9.72 Å². The molecule has 1 aliphatic rings. The Labute approximate surface area is 180 Å². The summed E-state index contributed by atoms with van der Waals surface area (Å²) in [6.07, 6.45) is 10.5. The Morgan fingerprint density at radius 1 is 1.42 bits per heavy atom. The molecule has 0 spiro atoms. The highest BCUT2D eigenvalue weighted by atomic mass is 19.1. The minimum atomic E-state index is -0.425. The normalized spacial score (nSPS) is 15.8. The van der Waals surface area contributed by atoms with Crippen molar-refractivity contribution in [2.75, 3.05) is 12.4 Å². The van der Waals surface area contributed by atoms with E-state index in [0.29, 0.717) is 34.7 Å². The first-order valence-corrected chi connectivity index (χ1v) is 10.4. The van der Waals surface area contributed by atoms with Crippen LogP contribution in [0.3, 0.4) is 0 Å². The second kappa shape index (κ2) is 8.45. The minimum absolute atomic E-state index is 0.0153. The average Bonchev–Trinajstić information content (AvgIpc) is 3.15. The molecule has 1 saturated carbocycles. The third-order valence-corrected chi connectivity index (χ3v) is 6.21. The van der Waals surface area contributed by atoms with Crippen molar-refractivity contribution >= 4 is 22.8 Å². The van der Waals surface area contributed by atoms with Gasteiger partial charge in [-0.15, -0.1) is 6.58 Å². The lowest BCUT2D eigenvalue weighted by Gasteiger charge is -2.45. The molecule has 0 bridgehead atoms. The molecule has 8 heteroatoms. The average molecular weight is 423 g/mol. The number of fused-ring (bicyclic) bond motifs is 1. The predicted molar refractivity (Wildman–Crippen MR) is 117 cm³/mol. The standard InChI is InChI=1S/C23H26FN5O2/c1-4-6-14-11-25-22(17-13-27-21-16(17)9-15(24)12-26-21)29-20(14)28-18(10-19(30)31-3)23(2)7-5-8-23/h4,9,11-13,18H,1,5-8,10H2,2-3H3,(H,26,27)(H,25,28,29). The molecule has 0 radical (unpaired) electrons. The number of anilines is 1. The number of halogens is 1. The maximum absolute atomic E-state index is 13.8. The number of ether oxygens (including phenoxy) is 1. The van der Waals surface area contributed by atoms with Crippen LogP contribution < -0.4 is 5.32 Å². The molecule has 1 aliphatic carbocycles. The van der Waals surface area contributed by atoms with Crippen LogP contribution in [0.1, 0.15) is 38.2 Å². The third-order valence-electron chi connectivity index (χ3n) is 6.21. The fourth-order valence-electron chi connectivity index (χ4n) is 4.10. The number of carbonyl (C=O) groups is 1. The molecule has 3 aromatic heterocycles. The number of methoxy groups -OCH3 is 1. The zero-order chi connectivity index (χ0) is 22.0. The van der Waals surface area contributed by atoms with Gasteiger partial charge in [0.25, 0.3) is 0 Å². The largest absolute Gasteiger partial charge is 0.469 e. The Bertz CT molecular complexity index is 1120. The van der Waals surface area contributed by atoms with Crippen molar-refractivity contribution in [2.45, 2.75) is 45.1 Å². The topological polar surface area (TPSA) is 92.8 Å². The molecule has 0 aliphatic heterocycles. The Kier molecular flexibility index (Phi) is 5.71. The zero-order valence-electron chi connectivity index (χ0n) is 17.7. The van der Waals surface area contributed by atoms with Crippen molar-refractivity contribution in [3.63, 3.8) is 0 Å². The summed E-state index contributed by atoms with van der Waals surface area (Å²) in [7, 11) is 1.40. The van der Waals surface area contributed by atoms with Gasteiger partial charge in [-0.1, -0.05) is 19.4 Å². The molecular formula is C23H26FN5O2. The lowest BCUT2D eigenvalue weighted by Crippen LogP contribution is -2.45. The number of carbonyl (C=O) groups excluding carboxylic acids is 1. The third kappa shape index (κ3) is 4.15. The van der Waals surface area contributed by atoms with Gasteiger partial charge in [0.15, 0.2) is 5.82 Å². The van der Waals surface area contributed by atoms with E-state index in [1.165, 1.54) is 19.4 Å². The van der Waals surface area contributed by atoms with Crippen LogP contribution in [0.4, 0.5) is 10.2 Å². The summed E-state index contributed by atoms with van der Waals surface area (Å²) in [5, 5.41) is 4.11. The Morgan fingerprint density at radius 3 is 2.90 bits per heavy atom. The van der Waals surface area contributed by atoms with E-state index < -0.39 is 5.82 Å². The van der Waals surface area contributed by atoms with Crippen molar-refractivity contribution in [1.29, 1.82) is 0 Å². The summed E-state index contributed by atoms with van der Waals surface area (Å²) in [6.45, 7) is 6.01. The van der Waals surface area contributed by atoms with Crippen molar-refractivity contribution in [1.82, 2.24) is 19.9 Å². The highest BCUT2D eigenvalue weighted by molar-refractivity contribution is 5.91. The summed E-state index contributed by atoms with van der Waals surface area (Å²) in [5.74, 6) is 0.407. The van der Waals surface area contributed by atoms with Crippen LogP contribution in [0.2, 0.25) is 0 Å². The summed E-state index contributed by atoms with van der Waals surface area (Å²) in [4.78, 5) is 28.5. The van der Waals surface area contributed by atoms with Gasteiger partial charge in [-0.2, -0.15) is 0 Å². The van der Waals surface area contributed by atoms with E-state index in [0.717, 1.165) is 24.8 Å². The first kappa shape index (κ1) is 21.0. The van der Waals surface area contributed by atoms with Crippen LogP contribution >= 0.6 is 0 Å². The predicted octanol–water partition coefficient (Wildman–Crippen LogP) is 4.42. The summed E-state index contributed by atoms with van der Waals surface area (Å²) >= 11 is 0. The molecule has 0 saturated heterocycles. The van der Waals surface area contributed by atoms with E-state index in [1.54, 1.807) is 18.5 Å². The Hall–Kier alpha value is -3.29. The molecule has 0 aromatic carbocycles. The molecule has 1 unspecified atom stereocenters. The van der Waals surface area contributed by atoms with Crippen molar-refractivity contribution in [2.24, 2.45) is 5.41 Å². The second-order valence-electron chi connectivity index (χ2n) is 8.30. The molecule has 0 amide bonds. The number of esters is 1. The fraction of sp³-hybridized carbons (Fsp3) is 0.391. The minimum Gasteiger partial charge on any atom is -0.469 e. The number of allylic oxidation sites excluding steroid dienone is 1. The molecule has 2 N–H and O–H groups in total. The zero-order valence-corrected chi connectivity index (χ0v) is 17.7. The van der Waals surface area contributed by atoms with Crippen LogP contribution in [-0.2, 0) is 16.0 Å². The van der Waals surface area contributed by atoms with Gasteiger partial charge in [0.2, 0.25) is 0 Å². The monoisotopic (exact) mass is 423 g/mol. The van der Waals surface area contributed by atoms with Crippen molar-refractivity contribution in [3.05, 3.63) is 48.7 Å². The van der Waals surface area contributed by atoms with Crippen LogP contribution in [-0.4, -0.2) is 39.1 Å². The molecule has 7 nitrogen and oxygen atoms in total. The quantitative estimate of drug-likeness (QED) is 0.412. The summed E-state index contributed by atoms with van der Waals surface area (Å²) in [5.41, 5.74) is 2.09. The second-order valence-corrected chi connectivity index (χ2v) is 8.30. The number of pyridine rings is 1. The van der Waals surface area contributed by atoms with Gasteiger partial charge in [-0.3, -0.25) is 4.79 Å². The SMILES string of the molecule is C=CCc1cnc(-c2c[nH]c3ncc(F)cc23)nc1NC(CC(=O)OC)C1(C)CCC1. The van der Waals surface area contributed by atoms with Crippen molar-refractivity contribution < 1.29 is 13.9 Å². The van der Waals surface area contributed by atoms with E-state index in [2.05, 4.69) is 33.8 Å². The van der Waals surface area contributed by atoms with Crippen LogP contribution in [0, 0.1) is 11.2 Å². The highest BCUT2D eigenvalue weighted by Crippen LogP contribution is 2.45. The van der Waals surface area contributed by atoms with E-state index in [1.807, 2.05) is 0 Å². The molecule has 4 rings (SSSR count). The van der Waals surface area contributed by atoms with Gasteiger partial charge in [0.1, 0.15) is 17.3 Å². The summed E-state index contributed by atoms with van der Waals surface area (Å²) < 4.78 is 18.7. The lowest BCUT2D eigenvalue weighted by molar-refractivity contribution is -0.141. The van der Waals surface area contributed by atoms with Gasteiger partial charge in [-0.25, -0.2) is 19.3 Å². The van der Waals surface area contributed by atoms with Crippen LogP contribution in [0.5, 0.6) is 0 Å². The number of H-pyrrole nitrogens is 1. The molecule has 1 atom stereocenters. The Morgan fingerprint density at radius 2 is 2.23 bits per heavy atom. The lowest BCUT2D eigenvalue weighted by atomic mass is 9.64. The number of hydrogen-bond acceptors (Lipinski definition) is 6. The van der Waals surface area contributed by atoms with Gasteiger partial charge in [0, 0.05) is 34.9 Å². The maximum Gasteiger partial charge on any atom is 0.307 e. The van der Waals surface area contributed by atoms with Gasteiger partial charge >= 0.3 is 5.97 Å². The van der Waals surface area contributed by atoms with Crippen LogP contribution in [0.25, 0.3) is 22.4 Å². The van der Waals surface area contributed by atoms with E-state index in [-0.39, 0.29) is 23.8 Å². The highest BCUT2D eigenvalue weighted by Gasteiger charge is 2.41. The number of aromatic amines is 1. The van der Waals surface area contributed by atoms with Gasteiger partial charge in [0.05, 0.1) is 19.7 Å². The van der Waals surface area contributed by atoms with Gasteiger partial charge in [-0.05, 0) is 30.7 Å². The van der Waals surface area contributed by atoms with Gasteiger partial charge < -0.3 is 15.0 Å². The van der Waals surface area contributed by atoms with E-state index in [9.17, 15) is 9.18 Å². The molecule has 3 aromatic rings. The number of nitrogens with zero attached hydrogens (tertiary/aromatic N) is 3. The van der Waals surface area contributed by atoms with E-state index >= 15 is 0 Å². The van der Waals surface area contributed by atoms with Crippen molar-refractivity contribution in [3.8, 4) is 11.4 Å².